The Kier molecular flexibility index (Phi) is 7.38. The van der Waals surface area contributed by atoms with Crippen molar-refractivity contribution in [3.05, 3.63) is 71.8 Å². The van der Waals surface area contributed by atoms with Gasteiger partial charge in [0, 0.05) is 13.0 Å². The third kappa shape index (κ3) is 7.56. The van der Waals surface area contributed by atoms with Gasteiger partial charge in [0.2, 0.25) is 0 Å². The van der Waals surface area contributed by atoms with Crippen LogP contribution >= 0.6 is 0 Å². The van der Waals surface area contributed by atoms with Crippen LogP contribution in [0.3, 0.4) is 0 Å². The van der Waals surface area contributed by atoms with Gasteiger partial charge in [-0.1, -0.05) is 60.7 Å². The molecule has 0 aliphatic rings. The highest BCUT2D eigenvalue weighted by molar-refractivity contribution is 5.95. The molecule has 7 heteroatoms. The van der Waals surface area contributed by atoms with E-state index in [1.54, 1.807) is 12.4 Å². The molecule has 0 saturated carbocycles. The third-order valence-electron chi connectivity index (χ3n) is 3.00. The van der Waals surface area contributed by atoms with Crippen molar-refractivity contribution in [2.45, 2.75) is 6.42 Å². The molecule has 2 aromatic rings. The molecule has 5 N–H and O–H groups in total. The van der Waals surface area contributed by atoms with Crippen LogP contribution in [0, 0.1) is 0 Å². The van der Waals surface area contributed by atoms with Gasteiger partial charge in [-0.2, -0.15) is 15.2 Å². The van der Waals surface area contributed by atoms with Gasteiger partial charge in [-0.15, -0.1) is 5.10 Å². The van der Waals surface area contributed by atoms with Crippen molar-refractivity contribution in [1.29, 1.82) is 0 Å². The number of amidine groups is 1. The van der Waals surface area contributed by atoms with Crippen LogP contribution in [0.4, 0.5) is 0 Å². The molecule has 0 amide bonds. The van der Waals surface area contributed by atoms with Crippen LogP contribution in [-0.4, -0.2) is 30.8 Å². The minimum atomic E-state index is -0.0542. The van der Waals surface area contributed by atoms with Crippen LogP contribution in [0.2, 0.25) is 0 Å². The standard InChI is InChI=1S/C18H21N7/c19-18(20)24-17(25-23-14-16-9-5-2-6-10-16)11-12-21-22-13-15-7-3-1-4-8-15/h1-10,13-14,21H,11-12H2,(H4,19,20,24,25)/b22-13+,23-14+. The zero-order valence-electron chi connectivity index (χ0n) is 13.8. The number of aliphatic imine (C=N–C) groups is 1. The lowest BCUT2D eigenvalue weighted by Crippen LogP contribution is -2.25. The molecule has 2 rings (SSSR count). The summed E-state index contributed by atoms with van der Waals surface area (Å²) in [5.41, 5.74) is 15.7. The summed E-state index contributed by atoms with van der Waals surface area (Å²) in [5.74, 6) is 0.371. The first-order chi connectivity index (χ1) is 12.2. The van der Waals surface area contributed by atoms with E-state index in [1.165, 1.54) is 0 Å². The number of guanidine groups is 1. The minimum absolute atomic E-state index is 0.0542. The molecule has 7 nitrogen and oxygen atoms in total. The summed E-state index contributed by atoms with van der Waals surface area (Å²) in [7, 11) is 0. The quantitative estimate of drug-likeness (QED) is 0.310. The second-order valence-corrected chi connectivity index (χ2v) is 5.04. The summed E-state index contributed by atoms with van der Waals surface area (Å²) >= 11 is 0. The molecule has 0 aromatic heterocycles. The Balaban J connectivity index is 1.87. The normalized spacial score (nSPS) is 11.8. The van der Waals surface area contributed by atoms with Gasteiger partial charge >= 0.3 is 0 Å². The monoisotopic (exact) mass is 335 g/mol. The molecule has 25 heavy (non-hydrogen) atoms. The Morgan fingerprint density at radius 1 is 0.880 bits per heavy atom. The van der Waals surface area contributed by atoms with Crippen molar-refractivity contribution in [1.82, 2.24) is 5.43 Å². The largest absolute Gasteiger partial charge is 0.370 e. The topological polar surface area (TPSA) is 114 Å². The van der Waals surface area contributed by atoms with Crippen LogP contribution in [-0.2, 0) is 0 Å². The number of benzene rings is 2. The average Bonchev–Trinajstić information content (AvgIpc) is 2.62. The van der Waals surface area contributed by atoms with Crippen molar-refractivity contribution in [2.75, 3.05) is 6.54 Å². The predicted molar refractivity (Wildman–Crippen MR) is 104 cm³/mol. The molecule has 0 radical (unpaired) electrons. The van der Waals surface area contributed by atoms with Gasteiger partial charge < -0.3 is 16.9 Å². The first-order valence-corrected chi connectivity index (χ1v) is 7.79. The molecule has 0 saturated heterocycles. The van der Waals surface area contributed by atoms with Crippen molar-refractivity contribution in [3.63, 3.8) is 0 Å². The molecular formula is C18H21N7. The van der Waals surface area contributed by atoms with E-state index in [2.05, 4.69) is 25.7 Å². The third-order valence-corrected chi connectivity index (χ3v) is 3.00. The molecule has 0 unspecified atom stereocenters. The average molecular weight is 335 g/mol. The second-order valence-electron chi connectivity index (χ2n) is 5.04. The van der Waals surface area contributed by atoms with Crippen LogP contribution in [0.1, 0.15) is 17.5 Å². The molecule has 0 aliphatic heterocycles. The molecule has 0 heterocycles. The zero-order valence-corrected chi connectivity index (χ0v) is 13.8. The first-order valence-electron chi connectivity index (χ1n) is 7.79. The number of nitrogens with zero attached hydrogens (tertiary/aromatic N) is 4. The van der Waals surface area contributed by atoms with E-state index < -0.39 is 0 Å². The lowest BCUT2D eigenvalue weighted by atomic mass is 10.2. The Labute approximate surface area is 146 Å². The predicted octanol–water partition coefficient (Wildman–Crippen LogP) is 1.71. The lowest BCUT2D eigenvalue weighted by Gasteiger charge is -2.00. The van der Waals surface area contributed by atoms with E-state index >= 15 is 0 Å². The van der Waals surface area contributed by atoms with Gasteiger partial charge in [0.25, 0.3) is 0 Å². The summed E-state index contributed by atoms with van der Waals surface area (Å²) in [4.78, 5) is 3.98. The molecule has 0 bridgehead atoms. The summed E-state index contributed by atoms with van der Waals surface area (Å²) in [6.45, 7) is 0.528. The molecule has 0 atom stereocenters. The number of hydrogen-bond acceptors (Lipinski definition) is 4. The van der Waals surface area contributed by atoms with E-state index in [-0.39, 0.29) is 5.96 Å². The maximum atomic E-state index is 5.43. The minimum Gasteiger partial charge on any atom is -0.370 e. The Hall–Kier alpha value is -3.48. The summed E-state index contributed by atoms with van der Waals surface area (Å²) < 4.78 is 0. The molecule has 2 aromatic carbocycles. The van der Waals surface area contributed by atoms with E-state index in [0.29, 0.717) is 18.8 Å². The van der Waals surface area contributed by atoms with Gasteiger partial charge in [0.05, 0.1) is 12.4 Å². The summed E-state index contributed by atoms with van der Waals surface area (Å²) in [6, 6.07) is 19.5. The fraction of sp³-hybridized carbons (Fsp3) is 0.111. The van der Waals surface area contributed by atoms with E-state index in [0.717, 1.165) is 11.1 Å². The smallest absolute Gasteiger partial charge is 0.192 e. The van der Waals surface area contributed by atoms with Crippen molar-refractivity contribution >= 4 is 24.2 Å². The van der Waals surface area contributed by atoms with Crippen LogP contribution in [0.15, 0.2) is 81.0 Å². The van der Waals surface area contributed by atoms with Crippen LogP contribution < -0.4 is 16.9 Å². The number of rotatable bonds is 7. The van der Waals surface area contributed by atoms with Crippen molar-refractivity contribution < 1.29 is 0 Å². The maximum Gasteiger partial charge on any atom is 0.192 e. The van der Waals surface area contributed by atoms with Gasteiger partial charge in [0.15, 0.2) is 11.8 Å². The van der Waals surface area contributed by atoms with Gasteiger partial charge in [0.1, 0.15) is 0 Å². The maximum absolute atomic E-state index is 5.43. The van der Waals surface area contributed by atoms with E-state index in [1.807, 2.05) is 60.7 Å². The lowest BCUT2D eigenvalue weighted by molar-refractivity contribution is 0.755. The molecule has 0 aliphatic carbocycles. The van der Waals surface area contributed by atoms with Gasteiger partial charge in [-0.25, -0.2) is 0 Å². The van der Waals surface area contributed by atoms with E-state index in [9.17, 15) is 0 Å². The molecular weight excluding hydrogens is 314 g/mol. The van der Waals surface area contributed by atoms with E-state index in [4.69, 9.17) is 11.5 Å². The Morgan fingerprint density at radius 2 is 1.48 bits per heavy atom. The highest BCUT2D eigenvalue weighted by Crippen LogP contribution is 1.96. The Morgan fingerprint density at radius 3 is 2.08 bits per heavy atom. The summed E-state index contributed by atoms with van der Waals surface area (Å²) in [6.07, 6.45) is 3.87. The highest BCUT2D eigenvalue weighted by Gasteiger charge is 1.97. The fourth-order valence-corrected chi connectivity index (χ4v) is 1.87. The number of nitrogens with two attached hydrogens (primary N) is 2. The van der Waals surface area contributed by atoms with Gasteiger partial charge in [-0.05, 0) is 11.1 Å². The fourth-order valence-electron chi connectivity index (χ4n) is 1.87. The summed E-state index contributed by atoms with van der Waals surface area (Å²) in [5, 5.41) is 12.2. The molecule has 128 valence electrons. The van der Waals surface area contributed by atoms with Crippen LogP contribution in [0.25, 0.3) is 0 Å². The Bertz CT molecular complexity index is 746. The number of nitrogens with one attached hydrogen (secondary N) is 1. The van der Waals surface area contributed by atoms with Crippen molar-refractivity contribution in [3.8, 4) is 0 Å². The SMILES string of the molecule is NC(N)=NC(CCN/N=C/c1ccccc1)=N/N=C/c1ccccc1. The second kappa shape index (κ2) is 10.3. The highest BCUT2D eigenvalue weighted by atomic mass is 15.3. The number of hydrogen-bond donors (Lipinski definition) is 3. The van der Waals surface area contributed by atoms with Crippen molar-refractivity contribution in [2.24, 2.45) is 31.8 Å². The van der Waals surface area contributed by atoms with Gasteiger partial charge in [-0.3, -0.25) is 0 Å². The first kappa shape index (κ1) is 17.9. The zero-order chi connectivity index (χ0) is 17.7. The molecule has 0 fully saturated rings. The van der Waals surface area contributed by atoms with Crippen LogP contribution in [0.5, 0.6) is 0 Å². The molecule has 0 spiro atoms. The number of hydrazone groups is 1.